The first-order chi connectivity index (χ1) is 9.02. The molecule has 0 radical (unpaired) electrons. The monoisotopic (exact) mass is 266 g/mol. The molecule has 3 atom stereocenters. The number of phenolic OH excluding ortho intramolecular Hbond substituents is 1. The van der Waals surface area contributed by atoms with E-state index in [-0.39, 0.29) is 23.7 Å². The Morgan fingerprint density at radius 3 is 2.89 bits per heavy atom. The van der Waals surface area contributed by atoms with Crippen LogP contribution >= 0.6 is 0 Å². The lowest BCUT2D eigenvalue weighted by Crippen LogP contribution is -2.47. The van der Waals surface area contributed by atoms with Crippen molar-refractivity contribution in [2.75, 3.05) is 13.1 Å². The van der Waals surface area contributed by atoms with Gasteiger partial charge >= 0.3 is 0 Å². The van der Waals surface area contributed by atoms with Crippen LogP contribution in [-0.4, -0.2) is 29.1 Å². The highest BCUT2D eigenvalue weighted by Crippen LogP contribution is 2.30. The maximum absolute atomic E-state index is 13.9. The fourth-order valence-corrected chi connectivity index (χ4v) is 2.91. The summed E-state index contributed by atoms with van der Waals surface area (Å²) >= 11 is 0. The van der Waals surface area contributed by atoms with Crippen LogP contribution in [0.1, 0.15) is 38.3 Å². The van der Waals surface area contributed by atoms with E-state index in [0.717, 1.165) is 25.9 Å². The molecule has 3 unspecified atom stereocenters. The SMILES string of the molecule is CCC1CN(C(C)c2ccc(O)cc2F)CCC1N. The van der Waals surface area contributed by atoms with Crippen molar-refractivity contribution in [2.45, 2.75) is 38.8 Å². The van der Waals surface area contributed by atoms with Crippen LogP contribution in [0, 0.1) is 11.7 Å². The van der Waals surface area contributed by atoms with E-state index in [1.165, 1.54) is 6.07 Å². The second-order valence-electron chi connectivity index (χ2n) is 5.50. The lowest BCUT2D eigenvalue weighted by molar-refractivity contribution is 0.112. The minimum absolute atomic E-state index is 0.0159. The number of rotatable bonds is 3. The van der Waals surface area contributed by atoms with E-state index in [9.17, 15) is 9.50 Å². The Hall–Kier alpha value is -1.13. The zero-order valence-electron chi connectivity index (χ0n) is 11.6. The van der Waals surface area contributed by atoms with E-state index in [1.54, 1.807) is 12.1 Å². The van der Waals surface area contributed by atoms with Crippen LogP contribution in [0.3, 0.4) is 0 Å². The molecule has 1 heterocycles. The summed E-state index contributed by atoms with van der Waals surface area (Å²) in [5.74, 6) is 0.118. The van der Waals surface area contributed by atoms with Gasteiger partial charge in [-0.2, -0.15) is 0 Å². The number of phenols is 1. The fraction of sp³-hybridized carbons (Fsp3) is 0.600. The largest absolute Gasteiger partial charge is 0.508 e. The molecule has 0 aromatic heterocycles. The third kappa shape index (κ3) is 3.07. The summed E-state index contributed by atoms with van der Waals surface area (Å²) in [6, 6.07) is 4.67. The highest BCUT2D eigenvalue weighted by atomic mass is 19.1. The molecular weight excluding hydrogens is 243 g/mol. The van der Waals surface area contributed by atoms with Crippen molar-refractivity contribution in [1.29, 1.82) is 0 Å². The number of likely N-dealkylation sites (tertiary alicyclic amines) is 1. The summed E-state index contributed by atoms with van der Waals surface area (Å²) in [5, 5.41) is 9.27. The van der Waals surface area contributed by atoms with Crippen LogP contribution in [0.2, 0.25) is 0 Å². The van der Waals surface area contributed by atoms with Gasteiger partial charge in [0.1, 0.15) is 11.6 Å². The van der Waals surface area contributed by atoms with E-state index < -0.39 is 0 Å². The Kier molecular flexibility index (Phi) is 4.42. The molecule has 3 nitrogen and oxygen atoms in total. The number of aromatic hydroxyl groups is 1. The molecule has 0 bridgehead atoms. The first kappa shape index (κ1) is 14.3. The lowest BCUT2D eigenvalue weighted by atomic mass is 9.89. The summed E-state index contributed by atoms with van der Waals surface area (Å²) in [4.78, 5) is 2.28. The maximum atomic E-state index is 13.9. The van der Waals surface area contributed by atoms with Gasteiger partial charge in [-0.3, -0.25) is 4.90 Å². The van der Waals surface area contributed by atoms with E-state index in [1.807, 2.05) is 6.92 Å². The number of halogens is 1. The summed E-state index contributed by atoms with van der Waals surface area (Å²) in [6.45, 7) is 5.98. The van der Waals surface area contributed by atoms with Crippen LogP contribution in [0.25, 0.3) is 0 Å². The fourth-order valence-electron chi connectivity index (χ4n) is 2.91. The van der Waals surface area contributed by atoms with Crippen LogP contribution < -0.4 is 5.73 Å². The number of hydrogen-bond donors (Lipinski definition) is 2. The topological polar surface area (TPSA) is 49.5 Å². The molecule has 4 heteroatoms. The van der Waals surface area contributed by atoms with Gasteiger partial charge in [0, 0.05) is 36.8 Å². The molecule has 0 aliphatic carbocycles. The molecule has 1 aliphatic heterocycles. The predicted octanol–water partition coefficient (Wildman–Crippen LogP) is 2.65. The van der Waals surface area contributed by atoms with Crippen molar-refractivity contribution in [2.24, 2.45) is 11.7 Å². The van der Waals surface area contributed by atoms with Gasteiger partial charge in [-0.25, -0.2) is 4.39 Å². The molecule has 1 aromatic carbocycles. The van der Waals surface area contributed by atoms with Gasteiger partial charge in [0.25, 0.3) is 0 Å². The normalized spacial score (nSPS) is 26.3. The molecule has 1 aliphatic rings. The first-order valence-electron chi connectivity index (χ1n) is 7.01. The van der Waals surface area contributed by atoms with Crippen molar-refractivity contribution in [3.8, 4) is 5.75 Å². The molecule has 0 saturated carbocycles. The Bertz CT molecular complexity index is 438. The molecule has 0 amide bonds. The lowest BCUT2D eigenvalue weighted by Gasteiger charge is -2.40. The van der Waals surface area contributed by atoms with E-state index in [0.29, 0.717) is 11.5 Å². The van der Waals surface area contributed by atoms with Crippen LogP contribution in [0.15, 0.2) is 18.2 Å². The van der Waals surface area contributed by atoms with Crippen LogP contribution in [0.4, 0.5) is 4.39 Å². The smallest absolute Gasteiger partial charge is 0.131 e. The summed E-state index contributed by atoms with van der Waals surface area (Å²) in [6.07, 6.45) is 2.02. The number of nitrogens with zero attached hydrogens (tertiary/aromatic N) is 1. The Labute approximate surface area is 114 Å². The van der Waals surface area contributed by atoms with Gasteiger partial charge in [-0.05, 0) is 25.3 Å². The second kappa shape index (κ2) is 5.88. The summed E-state index contributed by atoms with van der Waals surface area (Å²) in [7, 11) is 0. The zero-order chi connectivity index (χ0) is 14.0. The Morgan fingerprint density at radius 2 is 2.26 bits per heavy atom. The number of piperidine rings is 1. The zero-order valence-corrected chi connectivity index (χ0v) is 11.6. The first-order valence-corrected chi connectivity index (χ1v) is 7.01. The maximum Gasteiger partial charge on any atom is 0.131 e. The summed E-state index contributed by atoms with van der Waals surface area (Å²) < 4.78 is 13.9. The third-order valence-corrected chi connectivity index (χ3v) is 4.33. The second-order valence-corrected chi connectivity index (χ2v) is 5.50. The van der Waals surface area contributed by atoms with Gasteiger partial charge in [-0.15, -0.1) is 0 Å². The molecule has 106 valence electrons. The number of hydrogen-bond acceptors (Lipinski definition) is 3. The Balaban J connectivity index is 2.13. The van der Waals surface area contributed by atoms with Crippen LogP contribution in [-0.2, 0) is 0 Å². The highest BCUT2D eigenvalue weighted by Gasteiger charge is 2.29. The molecule has 3 N–H and O–H groups in total. The third-order valence-electron chi connectivity index (χ3n) is 4.33. The summed E-state index contributed by atoms with van der Waals surface area (Å²) in [5.41, 5.74) is 6.75. The molecule has 1 saturated heterocycles. The van der Waals surface area contributed by atoms with Gasteiger partial charge in [0.15, 0.2) is 0 Å². The standard InChI is InChI=1S/C15H23FN2O/c1-3-11-9-18(7-6-15(11)17)10(2)13-5-4-12(19)8-14(13)16/h4-5,8,10-11,15,19H,3,6-7,9,17H2,1-2H3. The molecule has 0 spiro atoms. The van der Waals surface area contributed by atoms with Crippen molar-refractivity contribution in [1.82, 2.24) is 4.90 Å². The van der Waals surface area contributed by atoms with Crippen molar-refractivity contribution in [3.05, 3.63) is 29.6 Å². The predicted molar refractivity (Wildman–Crippen MR) is 74.4 cm³/mol. The number of nitrogens with two attached hydrogens (primary N) is 1. The minimum Gasteiger partial charge on any atom is -0.508 e. The van der Waals surface area contributed by atoms with Gasteiger partial charge in [-0.1, -0.05) is 19.4 Å². The van der Waals surface area contributed by atoms with Crippen molar-refractivity contribution in [3.63, 3.8) is 0 Å². The van der Waals surface area contributed by atoms with Crippen LogP contribution in [0.5, 0.6) is 5.75 Å². The molecular formula is C15H23FN2O. The van der Waals surface area contributed by atoms with E-state index >= 15 is 0 Å². The minimum atomic E-state index is -0.338. The average molecular weight is 266 g/mol. The molecule has 1 aromatic rings. The van der Waals surface area contributed by atoms with Crippen molar-refractivity contribution >= 4 is 0 Å². The van der Waals surface area contributed by atoms with Gasteiger partial charge in [0.05, 0.1) is 0 Å². The van der Waals surface area contributed by atoms with E-state index in [2.05, 4.69) is 11.8 Å². The Morgan fingerprint density at radius 1 is 1.53 bits per heavy atom. The van der Waals surface area contributed by atoms with E-state index in [4.69, 9.17) is 5.73 Å². The quantitative estimate of drug-likeness (QED) is 0.884. The average Bonchev–Trinajstić information content (AvgIpc) is 2.38. The number of benzene rings is 1. The molecule has 1 fully saturated rings. The van der Waals surface area contributed by atoms with Gasteiger partial charge in [0.2, 0.25) is 0 Å². The molecule has 19 heavy (non-hydrogen) atoms. The van der Waals surface area contributed by atoms with Crippen molar-refractivity contribution < 1.29 is 9.50 Å². The molecule has 2 rings (SSSR count). The highest BCUT2D eigenvalue weighted by molar-refractivity contribution is 5.29. The van der Waals surface area contributed by atoms with Gasteiger partial charge < -0.3 is 10.8 Å².